The Labute approximate surface area is 102 Å². The van der Waals surface area contributed by atoms with Crippen LogP contribution in [-0.2, 0) is 0 Å². The predicted octanol–water partition coefficient (Wildman–Crippen LogP) is 3.13. The van der Waals surface area contributed by atoms with Gasteiger partial charge in [0.05, 0.1) is 5.54 Å². The number of halogens is 1. The molecule has 1 rings (SSSR count). The number of hydrogen-bond donors (Lipinski definition) is 0. The highest BCUT2D eigenvalue weighted by atomic mass is 19.1. The molecule has 0 aromatic heterocycles. The lowest BCUT2D eigenvalue weighted by Crippen LogP contribution is -2.50. The Balaban J connectivity index is 3.12. The van der Waals surface area contributed by atoms with Gasteiger partial charge in [-0.3, -0.25) is 9.69 Å². The van der Waals surface area contributed by atoms with Gasteiger partial charge in [-0.2, -0.15) is 0 Å². The fraction of sp³-hybridized carbons (Fsp3) is 0.500. The second-order valence-corrected chi connectivity index (χ2v) is 4.47. The molecule has 1 aromatic rings. The summed E-state index contributed by atoms with van der Waals surface area (Å²) in [7, 11) is 3.82. The first-order valence-corrected chi connectivity index (χ1v) is 5.95. The Morgan fingerprint density at radius 3 is 2.00 bits per heavy atom. The SMILES string of the molecule is CCC(CC)(C(=O)c1ccc(F)cc1)N(C)C. The summed E-state index contributed by atoms with van der Waals surface area (Å²) in [5.41, 5.74) is 0.0847. The Hall–Kier alpha value is -1.22. The molecule has 2 nitrogen and oxygen atoms in total. The minimum Gasteiger partial charge on any atom is -0.297 e. The maximum atomic E-state index is 12.8. The van der Waals surface area contributed by atoms with Crippen LogP contribution in [0, 0.1) is 5.82 Å². The molecule has 17 heavy (non-hydrogen) atoms. The minimum absolute atomic E-state index is 0.0625. The average molecular weight is 237 g/mol. The van der Waals surface area contributed by atoms with Crippen molar-refractivity contribution in [2.75, 3.05) is 14.1 Å². The summed E-state index contributed by atoms with van der Waals surface area (Å²) in [6, 6.07) is 5.78. The van der Waals surface area contributed by atoms with Gasteiger partial charge in [-0.15, -0.1) is 0 Å². The Morgan fingerprint density at radius 1 is 1.18 bits per heavy atom. The van der Waals surface area contributed by atoms with E-state index in [0.29, 0.717) is 5.56 Å². The zero-order valence-electron chi connectivity index (χ0n) is 11.0. The molecule has 94 valence electrons. The molecule has 0 saturated heterocycles. The van der Waals surface area contributed by atoms with Crippen molar-refractivity contribution >= 4 is 5.78 Å². The summed E-state index contributed by atoms with van der Waals surface area (Å²) in [5, 5.41) is 0. The standard InChI is InChI=1S/C14H20FNO/c1-5-14(6-2,16(3)4)13(17)11-7-9-12(15)10-8-11/h7-10H,5-6H2,1-4H3. The average Bonchev–Trinajstić information content (AvgIpc) is 2.31. The molecule has 0 aliphatic rings. The van der Waals surface area contributed by atoms with Crippen molar-refractivity contribution in [1.29, 1.82) is 0 Å². The van der Waals surface area contributed by atoms with E-state index < -0.39 is 5.54 Å². The highest BCUT2D eigenvalue weighted by molar-refractivity contribution is 6.03. The number of carbonyl (C=O) groups excluding carboxylic acids is 1. The van der Waals surface area contributed by atoms with Crippen LogP contribution in [-0.4, -0.2) is 30.3 Å². The van der Waals surface area contributed by atoms with E-state index in [-0.39, 0.29) is 11.6 Å². The number of hydrogen-bond acceptors (Lipinski definition) is 2. The van der Waals surface area contributed by atoms with Gasteiger partial charge in [-0.1, -0.05) is 13.8 Å². The number of benzene rings is 1. The number of carbonyl (C=O) groups is 1. The third-order valence-corrected chi connectivity index (χ3v) is 3.55. The topological polar surface area (TPSA) is 20.3 Å². The van der Waals surface area contributed by atoms with Crippen molar-refractivity contribution in [2.45, 2.75) is 32.2 Å². The van der Waals surface area contributed by atoms with Crippen molar-refractivity contribution in [3.63, 3.8) is 0 Å². The van der Waals surface area contributed by atoms with Crippen LogP contribution >= 0.6 is 0 Å². The summed E-state index contributed by atoms with van der Waals surface area (Å²) in [6.45, 7) is 4.01. The van der Waals surface area contributed by atoms with E-state index in [9.17, 15) is 9.18 Å². The number of rotatable bonds is 5. The molecule has 1 aromatic carbocycles. The predicted molar refractivity (Wildman–Crippen MR) is 67.7 cm³/mol. The van der Waals surface area contributed by atoms with Gasteiger partial charge in [0, 0.05) is 5.56 Å². The summed E-state index contributed by atoms with van der Waals surface area (Å²) in [6.07, 6.45) is 1.49. The first-order chi connectivity index (χ1) is 7.97. The molecular weight excluding hydrogens is 217 g/mol. The molecular formula is C14H20FNO. The Bertz CT molecular complexity index is 380. The van der Waals surface area contributed by atoms with Crippen LogP contribution in [0.1, 0.15) is 37.0 Å². The van der Waals surface area contributed by atoms with E-state index in [2.05, 4.69) is 0 Å². The van der Waals surface area contributed by atoms with Crippen molar-refractivity contribution in [2.24, 2.45) is 0 Å². The first-order valence-electron chi connectivity index (χ1n) is 5.95. The van der Waals surface area contributed by atoms with Crippen molar-refractivity contribution < 1.29 is 9.18 Å². The molecule has 0 aliphatic heterocycles. The van der Waals surface area contributed by atoms with Crippen molar-refractivity contribution in [3.8, 4) is 0 Å². The molecule has 0 atom stereocenters. The molecule has 0 amide bonds. The molecule has 0 fully saturated rings. The highest BCUT2D eigenvalue weighted by Gasteiger charge is 2.37. The zero-order chi connectivity index (χ0) is 13.1. The van der Waals surface area contributed by atoms with Gasteiger partial charge in [0.2, 0.25) is 0 Å². The lowest BCUT2D eigenvalue weighted by molar-refractivity contribution is 0.0656. The first kappa shape index (κ1) is 13.8. The quantitative estimate of drug-likeness (QED) is 0.733. The van der Waals surface area contributed by atoms with Crippen LogP contribution < -0.4 is 0 Å². The van der Waals surface area contributed by atoms with Gasteiger partial charge in [0.15, 0.2) is 5.78 Å². The molecule has 0 aliphatic carbocycles. The van der Waals surface area contributed by atoms with Crippen LogP contribution in [0.25, 0.3) is 0 Å². The maximum Gasteiger partial charge on any atom is 0.183 e. The van der Waals surface area contributed by atoms with E-state index >= 15 is 0 Å². The van der Waals surface area contributed by atoms with E-state index in [1.54, 1.807) is 12.1 Å². The van der Waals surface area contributed by atoms with Gasteiger partial charge in [-0.25, -0.2) is 4.39 Å². The smallest absolute Gasteiger partial charge is 0.183 e. The third kappa shape index (κ3) is 2.55. The molecule has 0 radical (unpaired) electrons. The van der Waals surface area contributed by atoms with Crippen LogP contribution in [0.4, 0.5) is 4.39 Å². The number of Topliss-reactive ketones (excluding diaryl/α,β-unsaturated/α-hetero) is 1. The van der Waals surface area contributed by atoms with Gasteiger partial charge >= 0.3 is 0 Å². The Kier molecular flexibility index (Phi) is 4.40. The fourth-order valence-corrected chi connectivity index (χ4v) is 2.28. The lowest BCUT2D eigenvalue weighted by atomic mass is 9.83. The summed E-state index contributed by atoms with van der Waals surface area (Å²) >= 11 is 0. The maximum absolute atomic E-state index is 12.8. The summed E-state index contributed by atoms with van der Waals surface area (Å²) < 4.78 is 12.8. The van der Waals surface area contributed by atoms with Crippen molar-refractivity contribution in [1.82, 2.24) is 4.90 Å². The van der Waals surface area contributed by atoms with E-state index in [1.807, 2.05) is 32.8 Å². The van der Waals surface area contributed by atoms with Gasteiger partial charge in [-0.05, 0) is 51.2 Å². The lowest BCUT2D eigenvalue weighted by Gasteiger charge is -2.37. The number of likely N-dealkylation sites (N-methyl/N-ethyl adjacent to an activating group) is 1. The number of nitrogens with zero attached hydrogens (tertiary/aromatic N) is 1. The van der Waals surface area contributed by atoms with E-state index in [1.165, 1.54) is 12.1 Å². The second kappa shape index (κ2) is 5.41. The zero-order valence-corrected chi connectivity index (χ0v) is 11.0. The molecule has 0 spiro atoms. The van der Waals surface area contributed by atoms with E-state index in [0.717, 1.165) is 12.8 Å². The monoisotopic (exact) mass is 237 g/mol. The molecule has 0 N–H and O–H groups in total. The second-order valence-electron chi connectivity index (χ2n) is 4.47. The minimum atomic E-state index is -0.488. The van der Waals surface area contributed by atoms with Crippen LogP contribution in [0.15, 0.2) is 24.3 Å². The largest absolute Gasteiger partial charge is 0.297 e. The molecule has 0 saturated carbocycles. The number of ketones is 1. The van der Waals surface area contributed by atoms with Gasteiger partial charge in [0.1, 0.15) is 5.82 Å². The fourth-order valence-electron chi connectivity index (χ4n) is 2.28. The Morgan fingerprint density at radius 2 is 1.65 bits per heavy atom. The van der Waals surface area contributed by atoms with Crippen LogP contribution in [0.2, 0.25) is 0 Å². The van der Waals surface area contributed by atoms with E-state index in [4.69, 9.17) is 0 Å². The normalized spacial score (nSPS) is 11.9. The van der Waals surface area contributed by atoms with Gasteiger partial charge in [0.25, 0.3) is 0 Å². The molecule has 3 heteroatoms. The molecule has 0 bridgehead atoms. The molecule has 0 unspecified atom stereocenters. The van der Waals surface area contributed by atoms with Crippen molar-refractivity contribution in [3.05, 3.63) is 35.6 Å². The summed E-state index contributed by atoms with van der Waals surface area (Å²) in [5.74, 6) is -0.252. The van der Waals surface area contributed by atoms with Crippen LogP contribution in [0.5, 0.6) is 0 Å². The molecule has 0 heterocycles. The highest BCUT2D eigenvalue weighted by Crippen LogP contribution is 2.26. The van der Waals surface area contributed by atoms with Crippen LogP contribution in [0.3, 0.4) is 0 Å². The third-order valence-electron chi connectivity index (χ3n) is 3.55. The van der Waals surface area contributed by atoms with Gasteiger partial charge < -0.3 is 0 Å². The summed E-state index contributed by atoms with van der Waals surface area (Å²) in [4.78, 5) is 14.5.